The van der Waals surface area contributed by atoms with E-state index < -0.39 is 0 Å². The van der Waals surface area contributed by atoms with Crippen molar-refractivity contribution in [2.45, 2.75) is 32.2 Å². The number of aliphatic imine (C=N–C) groups is 1. The van der Waals surface area contributed by atoms with Crippen LogP contribution >= 0.6 is 24.0 Å². The summed E-state index contributed by atoms with van der Waals surface area (Å²) in [5, 5.41) is 3.53. The molecule has 2 aromatic heterocycles. The summed E-state index contributed by atoms with van der Waals surface area (Å²) in [4.78, 5) is 24.8. The summed E-state index contributed by atoms with van der Waals surface area (Å²) < 4.78 is 0. The molecule has 2 aliphatic heterocycles. The Kier molecular flexibility index (Phi) is 9.11. The fraction of sp³-hybridized carbons (Fsp3) is 0.545. The van der Waals surface area contributed by atoms with Crippen molar-refractivity contribution >= 4 is 41.7 Å². The first-order valence-electron chi connectivity index (χ1n) is 11.0. The fourth-order valence-electron chi connectivity index (χ4n) is 4.13. The summed E-state index contributed by atoms with van der Waals surface area (Å²) in [7, 11) is 1.85. The molecule has 0 radical (unpaired) electrons. The summed E-state index contributed by atoms with van der Waals surface area (Å²) >= 11 is 0. The molecule has 4 rings (SSSR count). The highest BCUT2D eigenvalue weighted by atomic mass is 127. The van der Waals surface area contributed by atoms with Gasteiger partial charge in [0.2, 0.25) is 5.95 Å². The van der Waals surface area contributed by atoms with E-state index in [0.29, 0.717) is 0 Å². The van der Waals surface area contributed by atoms with Gasteiger partial charge in [-0.3, -0.25) is 4.99 Å². The second-order valence-electron chi connectivity index (χ2n) is 7.85. The van der Waals surface area contributed by atoms with Crippen molar-refractivity contribution in [2.75, 3.05) is 56.1 Å². The van der Waals surface area contributed by atoms with Crippen LogP contribution in [-0.4, -0.2) is 72.1 Å². The summed E-state index contributed by atoms with van der Waals surface area (Å²) in [5.41, 5.74) is 1.24. The molecule has 168 valence electrons. The number of guanidine groups is 1. The summed E-state index contributed by atoms with van der Waals surface area (Å²) in [5.74, 6) is 2.84. The first kappa shape index (κ1) is 23.5. The van der Waals surface area contributed by atoms with Crippen molar-refractivity contribution < 1.29 is 0 Å². The Bertz CT molecular complexity index is 815. The lowest BCUT2D eigenvalue weighted by molar-refractivity contribution is 0.370. The quantitative estimate of drug-likeness (QED) is 0.366. The van der Waals surface area contributed by atoms with Crippen LogP contribution in [0.1, 0.15) is 31.2 Å². The number of nitrogens with one attached hydrogen (secondary N) is 1. The van der Waals surface area contributed by atoms with Gasteiger partial charge in [-0.25, -0.2) is 15.0 Å². The molecule has 0 spiro atoms. The smallest absolute Gasteiger partial charge is 0.225 e. The number of halogens is 1. The Morgan fingerprint density at radius 1 is 0.903 bits per heavy atom. The molecule has 0 amide bonds. The lowest BCUT2D eigenvalue weighted by atomic mass is 10.2. The van der Waals surface area contributed by atoms with E-state index in [9.17, 15) is 0 Å². The van der Waals surface area contributed by atoms with E-state index in [2.05, 4.69) is 52.1 Å². The van der Waals surface area contributed by atoms with E-state index in [0.717, 1.165) is 63.5 Å². The molecule has 8 nitrogen and oxygen atoms in total. The predicted octanol–water partition coefficient (Wildman–Crippen LogP) is 2.77. The summed E-state index contributed by atoms with van der Waals surface area (Å²) in [6.45, 7) is 6.54. The number of aromatic nitrogens is 3. The molecule has 1 N–H and O–H groups in total. The molecule has 31 heavy (non-hydrogen) atoms. The van der Waals surface area contributed by atoms with Crippen molar-refractivity contribution in [3.63, 3.8) is 0 Å². The van der Waals surface area contributed by atoms with Crippen molar-refractivity contribution in [2.24, 2.45) is 4.99 Å². The van der Waals surface area contributed by atoms with Gasteiger partial charge in [-0.1, -0.05) is 12.8 Å². The minimum absolute atomic E-state index is 0. The largest absolute Gasteiger partial charge is 0.357 e. The van der Waals surface area contributed by atoms with Crippen LogP contribution in [-0.2, 0) is 6.54 Å². The van der Waals surface area contributed by atoms with Crippen molar-refractivity contribution in [3.05, 3.63) is 42.4 Å². The average molecular weight is 536 g/mol. The maximum Gasteiger partial charge on any atom is 0.225 e. The Hall–Kier alpha value is -2.17. The number of hydrogen-bond acceptors (Lipinski definition) is 6. The van der Waals surface area contributed by atoms with Gasteiger partial charge in [0, 0.05) is 71.5 Å². The van der Waals surface area contributed by atoms with Crippen LogP contribution in [0.25, 0.3) is 0 Å². The van der Waals surface area contributed by atoms with Gasteiger partial charge in [0.15, 0.2) is 5.96 Å². The highest BCUT2D eigenvalue weighted by Gasteiger charge is 2.21. The normalized spacial score (nSPS) is 17.7. The molecule has 2 fully saturated rings. The van der Waals surface area contributed by atoms with Crippen LogP contribution in [0.2, 0.25) is 0 Å². The lowest BCUT2D eigenvalue weighted by Crippen LogP contribution is -2.52. The summed E-state index contributed by atoms with van der Waals surface area (Å²) in [6, 6.07) is 6.16. The second kappa shape index (κ2) is 12.0. The number of nitrogens with zero attached hydrogens (tertiary/aromatic N) is 7. The molecule has 0 atom stereocenters. The third-order valence-electron chi connectivity index (χ3n) is 5.82. The Morgan fingerprint density at radius 2 is 1.61 bits per heavy atom. The highest BCUT2D eigenvalue weighted by molar-refractivity contribution is 14.0. The number of piperazine rings is 1. The van der Waals surface area contributed by atoms with E-state index >= 15 is 0 Å². The molecule has 0 unspecified atom stereocenters. The minimum atomic E-state index is 0. The Balaban J connectivity index is 0.00000272. The molecule has 9 heteroatoms. The molecule has 2 aromatic rings. The molecule has 0 aliphatic carbocycles. The van der Waals surface area contributed by atoms with Crippen LogP contribution < -0.4 is 15.1 Å². The molecular formula is C22H33IN8. The third-order valence-corrected chi connectivity index (χ3v) is 5.82. The Labute approximate surface area is 202 Å². The van der Waals surface area contributed by atoms with Crippen LogP contribution in [0.4, 0.5) is 11.8 Å². The first-order chi connectivity index (χ1) is 14.8. The maximum atomic E-state index is 4.62. The van der Waals surface area contributed by atoms with Gasteiger partial charge in [0.25, 0.3) is 0 Å². The molecular weight excluding hydrogens is 503 g/mol. The summed E-state index contributed by atoms with van der Waals surface area (Å²) in [6.07, 6.45) is 10.7. The molecule has 2 saturated heterocycles. The number of pyridine rings is 1. The number of rotatable bonds is 4. The van der Waals surface area contributed by atoms with Gasteiger partial charge in [-0.05, 0) is 36.6 Å². The van der Waals surface area contributed by atoms with E-state index in [-0.39, 0.29) is 24.0 Å². The number of anilines is 2. The highest BCUT2D eigenvalue weighted by Crippen LogP contribution is 2.18. The zero-order valence-electron chi connectivity index (χ0n) is 18.3. The predicted molar refractivity (Wildman–Crippen MR) is 136 cm³/mol. The van der Waals surface area contributed by atoms with E-state index in [4.69, 9.17) is 0 Å². The zero-order chi connectivity index (χ0) is 20.6. The van der Waals surface area contributed by atoms with Gasteiger partial charge in [-0.15, -0.1) is 24.0 Å². The van der Waals surface area contributed by atoms with Gasteiger partial charge in [-0.2, -0.15) is 0 Å². The standard InChI is InChI=1S/C22H32N8.HI/c1-23-21(29-13-15-30(16-14-29)22-25-8-6-9-26-22)27-18-19-7-10-24-20(17-19)28-11-4-2-3-5-12-28;/h6-10,17H,2-5,11-16,18H2,1H3,(H,23,27);1H. The molecule has 0 bridgehead atoms. The molecule has 0 aromatic carbocycles. The molecule has 0 saturated carbocycles. The van der Waals surface area contributed by atoms with Gasteiger partial charge in [0.1, 0.15) is 5.82 Å². The molecule has 2 aliphatic rings. The lowest BCUT2D eigenvalue weighted by Gasteiger charge is -2.36. The van der Waals surface area contributed by atoms with Crippen LogP contribution in [0, 0.1) is 0 Å². The zero-order valence-corrected chi connectivity index (χ0v) is 20.6. The third kappa shape index (κ3) is 6.41. The topological polar surface area (TPSA) is 72.8 Å². The monoisotopic (exact) mass is 536 g/mol. The van der Waals surface area contributed by atoms with Gasteiger partial charge >= 0.3 is 0 Å². The van der Waals surface area contributed by atoms with E-state index in [1.54, 1.807) is 12.4 Å². The second-order valence-corrected chi connectivity index (χ2v) is 7.85. The number of hydrogen-bond donors (Lipinski definition) is 1. The molecule has 4 heterocycles. The minimum Gasteiger partial charge on any atom is -0.357 e. The van der Waals surface area contributed by atoms with Gasteiger partial charge < -0.3 is 20.0 Å². The average Bonchev–Trinajstić information content (AvgIpc) is 3.10. The van der Waals surface area contributed by atoms with Crippen LogP contribution in [0.5, 0.6) is 0 Å². The van der Waals surface area contributed by atoms with E-state index in [1.807, 2.05) is 19.3 Å². The van der Waals surface area contributed by atoms with Crippen molar-refractivity contribution in [3.8, 4) is 0 Å². The van der Waals surface area contributed by atoms with Crippen molar-refractivity contribution in [1.82, 2.24) is 25.2 Å². The van der Waals surface area contributed by atoms with Gasteiger partial charge in [0.05, 0.1) is 0 Å². The van der Waals surface area contributed by atoms with Crippen LogP contribution in [0.15, 0.2) is 41.8 Å². The van der Waals surface area contributed by atoms with E-state index in [1.165, 1.54) is 31.2 Å². The fourth-order valence-corrected chi connectivity index (χ4v) is 4.13. The Morgan fingerprint density at radius 3 is 2.29 bits per heavy atom. The maximum absolute atomic E-state index is 4.62. The van der Waals surface area contributed by atoms with Crippen LogP contribution in [0.3, 0.4) is 0 Å². The first-order valence-corrected chi connectivity index (χ1v) is 11.0. The SMILES string of the molecule is CN=C(NCc1ccnc(N2CCCCCC2)c1)N1CCN(c2ncccn2)CC1.I. The van der Waals surface area contributed by atoms with Crippen molar-refractivity contribution in [1.29, 1.82) is 0 Å².